The van der Waals surface area contributed by atoms with Crippen LogP contribution in [0.2, 0.25) is 0 Å². The number of piperazine rings is 1. The third-order valence-electron chi connectivity index (χ3n) is 5.45. The molecular weight excluding hydrogens is 426 g/mol. The second-order valence-electron chi connectivity index (χ2n) is 7.98. The van der Waals surface area contributed by atoms with Gasteiger partial charge in [-0.2, -0.15) is 0 Å². The number of nitrogens with one attached hydrogen (secondary N) is 2. The third-order valence-corrected chi connectivity index (χ3v) is 7.80. The van der Waals surface area contributed by atoms with Crippen LogP contribution in [0.15, 0.2) is 41.4 Å². The van der Waals surface area contributed by atoms with Gasteiger partial charge >= 0.3 is 0 Å². The average Bonchev–Trinajstić information content (AvgIpc) is 3.17. The minimum absolute atomic E-state index is 0.154. The molecular formula is C23H25N5OS2. The Bertz CT molecular complexity index is 1110. The summed E-state index contributed by atoms with van der Waals surface area (Å²) < 4.78 is 0. The molecule has 0 atom stereocenters. The molecule has 0 unspecified atom stereocenters. The molecule has 1 aromatic carbocycles. The first-order valence-electron chi connectivity index (χ1n) is 10.5. The average molecular weight is 452 g/mol. The molecule has 0 amide bonds. The van der Waals surface area contributed by atoms with E-state index in [1.165, 1.54) is 15.3 Å². The number of fused-ring (bicyclic) bond motifs is 3. The quantitative estimate of drug-likeness (QED) is 0.585. The summed E-state index contributed by atoms with van der Waals surface area (Å²) >= 11 is 3.73. The molecule has 0 saturated carbocycles. The summed E-state index contributed by atoms with van der Waals surface area (Å²) in [5.74, 6) is 1.72. The number of anilines is 2. The lowest BCUT2D eigenvalue weighted by Crippen LogP contribution is -2.42. The Hall–Kier alpha value is -2.26. The zero-order chi connectivity index (χ0) is 21.2. The molecule has 2 aliphatic heterocycles. The van der Waals surface area contributed by atoms with E-state index >= 15 is 0 Å². The van der Waals surface area contributed by atoms with Gasteiger partial charge in [0.15, 0.2) is 0 Å². The SMILES string of the molecule is CC(=O)Cc1cccc(Nc2ncc3c(n2)-c2cc(CN4CCNCC4)sc2CS3)c1. The molecule has 2 aromatic heterocycles. The molecule has 8 heteroatoms. The Morgan fingerprint density at radius 3 is 2.97 bits per heavy atom. The largest absolute Gasteiger partial charge is 0.324 e. The van der Waals surface area contributed by atoms with Crippen LogP contribution in [0.25, 0.3) is 11.3 Å². The number of aromatic nitrogens is 2. The molecule has 31 heavy (non-hydrogen) atoms. The standard InChI is InChI=1S/C23H25N5OS2/c1-15(29)9-16-3-2-4-17(10-16)26-23-25-12-20-22(27-23)19-11-18(31-21(19)14-30-20)13-28-7-5-24-6-8-28/h2-4,10-12,24H,5-9,13-14H2,1H3,(H,25,26,27). The van der Waals surface area contributed by atoms with Crippen molar-refractivity contribution >= 4 is 40.5 Å². The molecule has 4 heterocycles. The Morgan fingerprint density at radius 1 is 1.26 bits per heavy atom. The first-order valence-corrected chi connectivity index (χ1v) is 12.3. The number of rotatable bonds is 6. The molecule has 1 fully saturated rings. The highest BCUT2D eigenvalue weighted by molar-refractivity contribution is 7.98. The van der Waals surface area contributed by atoms with Gasteiger partial charge in [-0.25, -0.2) is 9.97 Å². The summed E-state index contributed by atoms with van der Waals surface area (Å²) in [5.41, 5.74) is 4.15. The highest BCUT2D eigenvalue weighted by Gasteiger charge is 2.23. The van der Waals surface area contributed by atoms with E-state index in [0.717, 1.165) is 60.3 Å². The maximum absolute atomic E-state index is 11.4. The predicted molar refractivity (Wildman–Crippen MR) is 127 cm³/mol. The lowest BCUT2D eigenvalue weighted by molar-refractivity contribution is -0.116. The van der Waals surface area contributed by atoms with Crippen LogP contribution in [-0.2, 0) is 23.5 Å². The number of carbonyl (C=O) groups is 1. The summed E-state index contributed by atoms with van der Waals surface area (Å²) in [7, 11) is 0. The van der Waals surface area contributed by atoms with E-state index in [1.807, 2.05) is 53.6 Å². The monoisotopic (exact) mass is 451 g/mol. The van der Waals surface area contributed by atoms with Gasteiger partial charge in [0.2, 0.25) is 5.95 Å². The summed E-state index contributed by atoms with van der Waals surface area (Å²) in [5, 5.41) is 6.74. The van der Waals surface area contributed by atoms with Crippen molar-refractivity contribution in [3.8, 4) is 11.3 Å². The van der Waals surface area contributed by atoms with Crippen molar-refractivity contribution < 1.29 is 4.79 Å². The van der Waals surface area contributed by atoms with E-state index < -0.39 is 0 Å². The first-order chi connectivity index (χ1) is 15.1. The van der Waals surface area contributed by atoms with Crippen molar-refractivity contribution in [1.82, 2.24) is 20.2 Å². The highest BCUT2D eigenvalue weighted by atomic mass is 32.2. The number of carbonyl (C=O) groups excluding carboxylic acids is 1. The number of thiophene rings is 1. The second kappa shape index (κ2) is 9.08. The summed E-state index contributed by atoms with van der Waals surface area (Å²) in [6, 6.07) is 10.2. The van der Waals surface area contributed by atoms with E-state index in [2.05, 4.69) is 26.6 Å². The van der Waals surface area contributed by atoms with Crippen LogP contribution in [0.1, 0.15) is 22.2 Å². The molecule has 160 valence electrons. The number of Topliss-reactive ketones (excluding diaryl/α,β-unsaturated/α-hetero) is 1. The fourth-order valence-electron chi connectivity index (χ4n) is 4.01. The highest BCUT2D eigenvalue weighted by Crippen LogP contribution is 2.44. The lowest BCUT2D eigenvalue weighted by atomic mass is 10.1. The van der Waals surface area contributed by atoms with Crippen LogP contribution in [0.4, 0.5) is 11.6 Å². The van der Waals surface area contributed by atoms with Gasteiger partial charge in [0.25, 0.3) is 0 Å². The summed E-state index contributed by atoms with van der Waals surface area (Å²) in [6.45, 7) is 6.97. The smallest absolute Gasteiger partial charge is 0.227 e. The van der Waals surface area contributed by atoms with Gasteiger partial charge < -0.3 is 10.6 Å². The van der Waals surface area contributed by atoms with Gasteiger partial charge in [-0.05, 0) is 30.7 Å². The van der Waals surface area contributed by atoms with Crippen LogP contribution in [-0.4, -0.2) is 46.8 Å². The third kappa shape index (κ3) is 4.82. The van der Waals surface area contributed by atoms with Crippen LogP contribution >= 0.6 is 23.1 Å². The van der Waals surface area contributed by atoms with E-state index in [9.17, 15) is 4.79 Å². The normalized spacial score (nSPS) is 15.9. The molecule has 0 bridgehead atoms. The van der Waals surface area contributed by atoms with E-state index in [0.29, 0.717) is 12.4 Å². The topological polar surface area (TPSA) is 70.2 Å². The van der Waals surface area contributed by atoms with Crippen molar-refractivity contribution in [3.63, 3.8) is 0 Å². The number of thioether (sulfide) groups is 1. The minimum atomic E-state index is 0.154. The van der Waals surface area contributed by atoms with E-state index in [4.69, 9.17) is 4.98 Å². The first kappa shape index (κ1) is 20.6. The van der Waals surface area contributed by atoms with E-state index in [-0.39, 0.29) is 5.78 Å². The van der Waals surface area contributed by atoms with Crippen molar-refractivity contribution in [2.24, 2.45) is 0 Å². The zero-order valence-corrected chi connectivity index (χ0v) is 19.1. The number of hydrogen-bond acceptors (Lipinski definition) is 8. The lowest BCUT2D eigenvalue weighted by Gasteiger charge is -2.26. The minimum Gasteiger partial charge on any atom is -0.324 e. The van der Waals surface area contributed by atoms with Crippen LogP contribution in [0.5, 0.6) is 0 Å². The molecule has 0 aliphatic carbocycles. The number of ketones is 1. The van der Waals surface area contributed by atoms with Crippen LogP contribution in [0.3, 0.4) is 0 Å². The second-order valence-corrected chi connectivity index (χ2v) is 10.2. The predicted octanol–water partition coefficient (Wildman–Crippen LogP) is 4.09. The maximum Gasteiger partial charge on any atom is 0.227 e. The Morgan fingerprint density at radius 2 is 2.13 bits per heavy atom. The van der Waals surface area contributed by atoms with Gasteiger partial charge in [-0.3, -0.25) is 9.69 Å². The van der Waals surface area contributed by atoms with Crippen LogP contribution < -0.4 is 10.6 Å². The fraction of sp³-hybridized carbons (Fsp3) is 0.348. The van der Waals surface area contributed by atoms with Crippen molar-refractivity contribution in [1.29, 1.82) is 0 Å². The molecule has 1 saturated heterocycles. The van der Waals surface area contributed by atoms with Gasteiger partial charge in [0.1, 0.15) is 5.78 Å². The summed E-state index contributed by atoms with van der Waals surface area (Å²) in [6.07, 6.45) is 2.36. The van der Waals surface area contributed by atoms with E-state index in [1.54, 1.807) is 6.92 Å². The molecule has 0 radical (unpaired) electrons. The Kier molecular flexibility index (Phi) is 6.04. The van der Waals surface area contributed by atoms with Gasteiger partial charge in [-0.15, -0.1) is 23.1 Å². The van der Waals surface area contributed by atoms with Gasteiger partial charge in [-0.1, -0.05) is 12.1 Å². The summed E-state index contributed by atoms with van der Waals surface area (Å²) in [4.78, 5) is 27.3. The van der Waals surface area contributed by atoms with Crippen molar-refractivity contribution in [2.45, 2.75) is 30.5 Å². The molecule has 6 nitrogen and oxygen atoms in total. The van der Waals surface area contributed by atoms with Gasteiger partial charge in [0, 0.05) is 72.1 Å². The Balaban J connectivity index is 1.37. The zero-order valence-electron chi connectivity index (χ0n) is 17.5. The number of hydrogen-bond donors (Lipinski definition) is 2. The van der Waals surface area contributed by atoms with Gasteiger partial charge in [0.05, 0.1) is 10.6 Å². The van der Waals surface area contributed by atoms with Crippen molar-refractivity contribution in [3.05, 3.63) is 51.8 Å². The fourth-order valence-corrected chi connectivity index (χ4v) is 6.29. The maximum atomic E-state index is 11.4. The molecule has 2 N–H and O–H groups in total. The Labute approximate surface area is 190 Å². The number of benzene rings is 1. The van der Waals surface area contributed by atoms with Crippen molar-refractivity contribution in [2.75, 3.05) is 31.5 Å². The molecule has 5 rings (SSSR count). The molecule has 3 aromatic rings. The van der Waals surface area contributed by atoms with Crippen LogP contribution in [0, 0.1) is 0 Å². The molecule has 0 spiro atoms. The number of nitrogens with zero attached hydrogens (tertiary/aromatic N) is 3. The molecule has 2 aliphatic rings.